The summed E-state index contributed by atoms with van der Waals surface area (Å²) in [5, 5.41) is 5.07. The molecule has 0 aliphatic carbocycles. The molecule has 0 saturated carbocycles. The maximum absolute atomic E-state index is 12.3. The van der Waals surface area contributed by atoms with Crippen LogP contribution in [-0.2, 0) is 6.42 Å². The first-order chi connectivity index (χ1) is 9.60. The van der Waals surface area contributed by atoms with Gasteiger partial charge in [0.25, 0.3) is 5.56 Å². The summed E-state index contributed by atoms with van der Waals surface area (Å²) >= 11 is 5.88. The number of aryl methyl sites for hydroxylation is 1. The van der Waals surface area contributed by atoms with Crippen molar-refractivity contribution in [3.05, 3.63) is 57.0 Å². The zero-order chi connectivity index (χ0) is 14.3. The number of hydrogen-bond acceptors (Lipinski definition) is 2. The van der Waals surface area contributed by atoms with Crippen LogP contribution in [0.2, 0.25) is 5.02 Å². The van der Waals surface area contributed by atoms with Crippen LogP contribution >= 0.6 is 11.6 Å². The zero-order valence-electron chi connectivity index (χ0n) is 11.3. The number of nitrogens with zero attached hydrogens (tertiary/aromatic N) is 2. The highest BCUT2D eigenvalue weighted by molar-refractivity contribution is 6.30. The predicted octanol–water partition coefficient (Wildman–Crippen LogP) is 3.21. The Balaban J connectivity index is 2.23. The van der Waals surface area contributed by atoms with E-state index in [1.807, 2.05) is 44.2 Å². The monoisotopic (exact) mass is 287 g/mol. The second-order valence-electron chi connectivity index (χ2n) is 4.72. The van der Waals surface area contributed by atoms with Crippen molar-refractivity contribution < 1.29 is 0 Å². The van der Waals surface area contributed by atoms with Crippen LogP contribution in [0.25, 0.3) is 16.9 Å². The van der Waals surface area contributed by atoms with Gasteiger partial charge in [0, 0.05) is 27.9 Å². The molecular formula is C15H14ClN3O. The molecule has 0 amide bonds. The number of benzene rings is 1. The van der Waals surface area contributed by atoms with E-state index >= 15 is 0 Å². The molecule has 2 heterocycles. The molecule has 0 atom stereocenters. The fourth-order valence-electron chi connectivity index (χ4n) is 2.36. The van der Waals surface area contributed by atoms with E-state index in [9.17, 15) is 4.79 Å². The normalized spacial score (nSPS) is 11.2. The largest absolute Gasteiger partial charge is 0.343 e. The molecule has 20 heavy (non-hydrogen) atoms. The van der Waals surface area contributed by atoms with Gasteiger partial charge in [-0.2, -0.15) is 9.61 Å². The number of rotatable bonds is 2. The van der Waals surface area contributed by atoms with Crippen LogP contribution < -0.4 is 5.56 Å². The summed E-state index contributed by atoms with van der Waals surface area (Å²) in [4.78, 5) is 15.6. The van der Waals surface area contributed by atoms with Crippen LogP contribution in [0.1, 0.15) is 18.2 Å². The van der Waals surface area contributed by atoms with Crippen molar-refractivity contribution in [2.75, 3.05) is 0 Å². The Morgan fingerprint density at radius 3 is 2.65 bits per heavy atom. The second kappa shape index (κ2) is 4.80. The zero-order valence-corrected chi connectivity index (χ0v) is 12.0. The lowest BCUT2D eigenvalue weighted by molar-refractivity contribution is 0.856. The topological polar surface area (TPSA) is 50.2 Å². The number of hydrogen-bond donors (Lipinski definition) is 1. The van der Waals surface area contributed by atoms with Gasteiger partial charge in [-0.3, -0.25) is 4.79 Å². The third-order valence-corrected chi connectivity index (χ3v) is 3.67. The van der Waals surface area contributed by atoms with E-state index in [1.54, 1.807) is 0 Å². The molecule has 0 unspecified atom stereocenters. The van der Waals surface area contributed by atoms with E-state index < -0.39 is 0 Å². The lowest BCUT2D eigenvalue weighted by atomic mass is 10.1. The first-order valence-electron chi connectivity index (χ1n) is 6.47. The predicted molar refractivity (Wildman–Crippen MR) is 80.4 cm³/mol. The van der Waals surface area contributed by atoms with E-state index in [0.29, 0.717) is 17.1 Å². The Kier molecular flexibility index (Phi) is 3.10. The van der Waals surface area contributed by atoms with Gasteiger partial charge in [0.2, 0.25) is 0 Å². The third-order valence-electron chi connectivity index (χ3n) is 3.42. The Bertz CT molecular complexity index is 831. The number of aromatic amines is 1. The van der Waals surface area contributed by atoms with Crippen LogP contribution in [0.5, 0.6) is 0 Å². The summed E-state index contributed by atoms with van der Waals surface area (Å²) in [6.45, 7) is 3.88. The summed E-state index contributed by atoms with van der Waals surface area (Å²) in [7, 11) is 0. The number of H-pyrrole nitrogens is 1. The number of nitrogens with one attached hydrogen (secondary N) is 1. The summed E-state index contributed by atoms with van der Waals surface area (Å²) in [6.07, 6.45) is 0.688. The lowest BCUT2D eigenvalue weighted by Crippen LogP contribution is -2.21. The van der Waals surface area contributed by atoms with E-state index in [2.05, 4.69) is 10.1 Å². The van der Waals surface area contributed by atoms with Gasteiger partial charge in [-0.05, 0) is 25.5 Å². The smallest absolute Gasteiger partial charge is 0.277 e. The molecule has 0 fully saturated rings. The first kappa shape index (κ1) is 12.9. The van der Waals surface area contributed by atoms with E-state index in [4.69, 9.17) is 11.6 Å². The molecule has 2 aromatic heterocycles. The van der Waals surface area contributed by atoms with Crippen molar-refractivity contribution in [3.8, 4) is 11.3 Å². The summed E-state index contributed by atoms with van der Waals surface area (Å²) in [6, 6.07) is 9.28. The third kappa shape index (κ3) is 2.02. The van der Waals surface area contributed by atoms with Crippen molar-refractivity contribution in [2.45, 2.75) is 20.3 Å². The Hall–Kier alpha value is -2.07. The summed E-state index contributed by atoms with van der Waals surface area (Å²) < 4.78 is 1.43. The molecule has 0 bridgehead atoms. The van der Waals surface area contributed by atoms with Crippen molar-refractivity contribution in [3.63, 3.8) is 0 Å². The molecule has 0 spiro atoms. The van der Waals surface area contributed by atoms with Gasteiger partial charge in [0.05, 0.1) is 5.69 Å². The van der Waals surface area contributed by atoms with Gasteiger partial charge in [0.1, 0.15) is 5.65 Å². The van der Waals surface area contributed by atoms with Gasteiger partial charge < -0.3 is 4.98 Å². The highest BCUT2D eigenvalue weighted by atomic mass is 35.5. The Labute approximate surface area is 121 Å². The fourth-order valence-corrected chi connectivity index (χ4v) is 2.48. The Morgan fingerprint density at radius 1 is 1.30 bits per heavy atom. The SMILES string of the molecule is CCc1c(C)[nH]c2cc(-c3ccc(Cl)cc3)nn2c1=O. The minimum absolute atomic E-state index is 0.0565. The molecule has 0 radical (unpaired) electrons. The average molecular weight is 288 g/mol. The van der Waals surface area contributed by atoms with Crippen LogP contribution in [0, 0.1) is 6.92 Å². The first-order valence-corrected chi connectivity index (χ1v) is 6.85. The van der Waals surface area contributed by atoms with Crippen molar-refractivity contribution >= 4 is 17.2 Å². The quantitative estimate of drug-likeness (QED) is 0.787. The molecule has 1 N–H and O–H groups in total. The molecule has 3 aromatic rings. The van der Waals surface area contributed by atoms with Gasteiger partial charge in [0.15, 0.2) is 0 Å². The van der Waals surface area contributed by atoms with E-state index in [0.717, 1.165) is 22.5 Å². The molecule has 4 nitrogen and oxygen atoms in total. The number of fused-ring (bicyclic) bond motifs is 1. The van der Waals surface area contributed by atoms with Crippen LogP contribution in [0.4, 0.5) is 0 Å². The molecule has 0 aliphatic rings. The van der Waals surface area contributed by atoms with Crippen LogP contribution in [0.3, 0.4) is 0 Å². The van der Waals surface area contributed by atoms with Gasteiger partial charge in [-0.1, -0.05) is 30.7 Å². The molecule has 0 aliphatic heterocycles. The molecule has 0 saturated heterocycles. The molecule has 5 heteroatoms. The minimum Gasteiger partial charge on any atom is -0.343 e. The van der Waals surface area contributed by atoms with Crippen molar-refractivity contribution in [1.29, 1.82) is 0 Å². The highest BCUT2D eigenvalue weighted by Gasteiger charge is 2.11. The van der Waals surface area contributed by atoms with Gasteiger partial charge in [-0.15, -0.1) is 0 Å². The molecule has 1 aromatic carbocycles. The molecular weight excluding hydrogens is 274 g/mol. The van der Waals surface area contributed by atoms with E-state index in [-0.39, 0.29) is 5.56 Å². The highest BCUT2D eigenvalue weighted by Crippen LogP contribution is 2.21. The Morgan fingerprint density at radius 2 is 2.00 bits per heavy atom. The fraction of sp³-hybridized carbons (Fsp3) is 0.200. The van der Waals surface area contributed by atoms with Crippen molar-refractivity contribution in [2.24, 2.45) is 0 Å². The number of aromatic nitrogens is 3. The molecule has 102 valence electrons. The summed E-state index contributed by atoms with van der Waals surface area (Å²) in [5.74, 6) is 0. The van der Waals surface area contributed by atoms with Gasteiger partial charge in [-0.25, -0.2) is 0 Å². The minimum atomic E-state index is -0.0565. The maximum Gasteiger partial charge on any atom is 0.277 e. The maximum atomic E-state index is 12.3. The lowest BCUT2D eigenvalue weighted by Gasteiger charge is -2.02. The van der Waals surface area contributed by atoms with Gasteiger partial charge >= 0.3 is 0 Å². The van der Waals surface area contributed by atoms with Crippen LogP contribution in [0.15, 0.2) is 35.1 Å². The van der Waals surface area contributed by atoms with E-state index in [1.165, 1.54) is 4.52 Å². The average Bonchev–Trinajstić information content (AvgIpc) is 2.84. The molecule has 3 rings (SSSR count). The number of halogens is 1. The van der Waals surface area contributed by atoms with Crippen LogP contribution in [-0.4, -0.2) is 14.6 Å². The summed E-state index contributed by atoms with van der Waals surface area (Å²) in [5.41, 5.74) is 3.99. The van der Waals surface area contributed by atoms with Crippen molar-refractivity contribution in [1.82, 2.24) is 14.6 Å². The second-order valence-corrected chi connectivity index (χ2v) is 5.16. The standard InChI is InChI=1S/C15H14ClN3O/c1-3-12-9(2)17-14-8-13(18-19(14)15(12)20)10-4-6-11(16)7-5-10/h4-8,17H,3H2,1-2H3.